The number of aliphatic imine (C=N–C) groups is 1. The molecule has 5 nitrogen and oxygen atoms in total. The number of rotatable bonds is 9. The second-order valence-corrected chi connectivity index (χ2v) is 5.61. The number of guanidine groups is 1. The molecule has 0 aromatic rings. The molecule has 1 aliphatic carbocycles. The summed E-state index contributed by atoms with van der Waals surface area (Å²) in [5.74, 6) is 1.29. The van der Waals surface area contributed by atoms with Crippen LogP contribution in [-0.2, 0) is 4.79 Å². The Morgan fingerprint density at radius 3 is 2.55 bits per heavy atom. The third kappa shape index (κ3) is 7.36. The molecular formula is C15H30N4O. The summed E-state index contributed by atoms with van der Waals surface area (Å²) in [5.41, 5.74) is 0. The summed E-state index contributed by atoms with van der Waals surface area (Å²) in [7, 11) is 1.77. The predicted octanol–water partition coefficient (Wildman–Crippen LogP) is 1.65. The van der Waals surface area contributed by atoms with Gasteiger partial charge in [-0.2, -0.15) is 0 Å². The molecule has 20 heavy (non-hydrogen) atoms. The van der Waals surface area contributed by atoms with Crippen molar-refractivity contribution in [3.8, 4) is 0 Å². The molecule has 1 aliphatic rings. The van der Waals surface area contributed by atoms with Crippen molar-refractivity contribution in [2.45, 2.75) is 58.4 Å². The summed E-state index contributed by atoms with van der Waals surface area (Å²) >= 11 is 0. The van der Waals surface area contributed by atoms with Gasteiger partial charge in [0, 0.05) is 32.1 Å². The van der Waals surface area contributed by atoms with Gasteiger partial charge in [0.25, 0.3) is 0 Å². The number of carbonyl (C=O) groups excluding carboxylic acids is 1. The largest absolute Gasteiger partial charge is 0.355 e. The van der Waals surface area contributed by atoms with Gasteiger partial charge in [-0.3, -0.25) is 9.79 Å². The van der Waals surface area contributed by atoms with Gasteiger partial charge in [-0.25, -0.2) is 0 Å². The molecular weight excluding hydrogens is 252 g/mol. The van der Waals surface area contributed by atoms with Crippen LogP contribution in [0.25, 0.3) is 0 Å². The number of carbonyl (C=O) groups is 1. The number of unbranched alkanes of at least 4 members (excludes halogenated alkanes) is 2. The van der Waals surface area contributed by atoms with Crippen LogP contribution >= 0.6 is 0 Å². The van der Waals surface area contributed by atoms with E-state index in [0.717, 1.165) is 25.2 Å². The van der Waals surface area contributed by atoms with Gasteiger partial charge in [-0.15, -0.1) is 0 Å². The molecule has 1 fully saturated rings. The van der Waals surface area contributed by atoms with Gasteiger partial charge in [-0.1, -0.05) is 26.2 Å². The Labute approximate surface area is 123 Å². The molecule has 0 aromatic heterocycles. The van der Waals surface area contributed by atoms with Crippen LogP contribution in [0.1, 0.15) is 52.4 Å². The van der Waals surface area contributed by atoms with Gasteiger partial charge in [0.15, 0.2) is 5.96 Å². The average Bonchev–Trinajstić information content (AvgIpc) is 3.26. The second kappa shape index (κ2) is 9.61. The Kier molecular flexibility index (Phi) is 8.07. The number of hydrogen-bond donors (Lipinski definition) is 3. The van der Waals surface area contributed by atoms with Crippen LogP contribution in [0.4, 0.5) is 0 Å². The molecule has 0 saturated heterocycles. The van der Waals surface area contributed by atoms with Crippen LogP contribution in [0.5, 0.6) is 0 Å². The predicted molar refractivity (Wildman–Crippen MR) is 83.8 cm³/mol. The highest BCUT2D eigenvalue weighted by atomic mass is 16.2. The molecule has 1 unspecified atom stereocenters. The maximum absolute atomic E-state index is 11.5. The quantitative estimate of drug-likeness (QED) is 0.342. The fraction of sp³-hybridized carbons (Fsp3) is 0.867. The van der Waals surface area contributed by atoms with Crippen LogP contribution < -0.4 is 16.0 Å². The molecule has 116 valence electrons. The Bertz CT molecular complexity index is 313. The minimum atomic E-state index is 0.197. The number of amides is 1. The van der Waals surface area contributed by atoms with E-state index in [9.17, 15) is 4.79 Å². The third-order valence-corrected chi connectivity index (χ3v) is 3.51. The molecule has 3 N–H and O–H groups in total. The Morgan fingerprint density at radius 1 is 1.25 bits per heavy atom. The van der Waals surface area contributed by atoms with E-state index in [1.807, 2.05) is 0 Å². The minimum absolute atomic E-state index is 0.197. The first kappa shape index (κ1) is 16.8. The van der Waals surface area contributed by atoms with Gasteiger partial charge >= 0.3 is 0 Å². The van der Waals surface area contributed by atoms with Crippen LogP contribution in [0, 0.1) is 5.92 Å². The smallest absolute Gasteiger partial charge is 0.223 e. The van der Waals surface area contributed by atoms with Crippen LogP contribution in [0.15, 0.2) is 4.99 Å². The summed E-state index contributed by atoms with van der Waals surface area (Å²) in [5, 5.41) is 9.54. The maximum Gasteiger partial charge on any atom is 0.223 e. The van der Waals surface area contributed by atoms with Gasteiger partial charge in [-0.05, 0) is 26.2 Å². The molecule has 1 amide bonds. The summed E-state index contributed by atoms with van der Waals surface area (Å²) in [4.78, 5) is 15.7. The minimum Gasteiger partial charge on any atom is -0.355 e. The molecule has 1 rings (SSSR count). The highest BCUT2D eigenvalue weighted by molar-refractivity contribution is 5.81. The van der Waals surface area contributed by atoms with E-state index in [2.05, 4.69) is 34.8 Å². The Balaban J connectivity index is 2.07. The Hall–Kier alpha value is -1.26. The van der Waals surface area contributed by atoms with Crippen LogP contribution in [0.3, 0.4) is 0 Å². The number of hydrogen-bond acceptors (Lipinski definition) is 2. The second-order valence-electron chi connectivity index (χ2n) is 5.61. The highest BCUT2D eigenvalue weighted by Crippen LogP contribution is 2.28. The normalized spacial score (nSPS) is 16.6. The number of nitrogens with zero attached hydrogens (tertiary/aromatic N) is 1. The SMILES string of the molecule is CCCCCC(C)NC(=NC)NCCNC(=O)C1CC1. The summed E-state index contributed by atoms with van der Waals surface area (Å²) < 4.78 is 0. The molecule has 0 radical (unpaired) electrons. The molecule has 1 saturated carbocycles. The zero-order valence-electron chi connectivity index (χ0n) is 13.2. The van der Waals surface area contributed by atoms with Gasteiger partial charge in [0.1, 0.15) is 0 Å². The van der Waals surface area contributed by atoms with Crippen molar-refractivity contribution in [1.82, 2.24) is 16.0 Å². The maximum atomic E-state index is 11.5. The van der Waals surface area contributed by atoms with Crippen molar-refractivity contribution in [1.29, 1.82) is 0 Å². The van der Waals surface area contributed by atoms with E-state index in [4.69, 9.17) is 0 Å². The van der Waals surface area contributed by atoms with E-state index < -0.39 is 0 Å². The van der Waals surface area contributed by atoms with E-state index in [1.54, 1.807) is 7.05 Å². The monoisotopic (exact) mass is 282 g/mol. The van der Waals surface area contributed by atoms with Gasteiger partial charge in [0.2, 0.25) is 5.91 Å². The van der Waals surface area contributed by atoms with E-state index >= 15 is 0 Å². The van der Waals surface area contributed by atoms with Crippen LogP contribution in [-0.4, -0.2) is 38.0 Å². The first-order chi connectivity index (χ1) is 9.67. The van der Waals surface area contributed by atoms with Crippen molar-refractivity contribution in [2.24, 2.45) is 10.9 Å². The first-order valence-corrected chi connectivity index (χ1v) is 7.92. The number of nitrogens with one attached hydrogen (secondary N) is 3. The molecule has 5 heteroatoms. The van der Waals surface area contributed by atoms with Gasteiger partial charge in [0.05, 0.1) is 0 Å². The summed E-state index contributed by atoms with van der Waals surface area (Å²) in [6, 6.07) is 0.425. The fourth-order valence-electron chi connectivity index (χ4n) is 2.06. The molecule has 0 spiro atoms. The molecule has 1 atom stereocenters. The lowest BCUT2D eigenvalue weighted by Gasteiger charge is -2.18. The zero-order chi connectivity index (χ0) is 14.8. The zero-order valence-corrected chi connectivity index (χ0v) is 13.2. The lowest BCUT2D eigenvalue weighted by Crippen LogP contribution is -2.44. The molecule has 0 aliphatic heterocycles. The topological polar surface area (TPSA) is 65.5 Å². The van der Waals surface area contributed by atoms with Gasteiger partial charge < -0.3 is 16.0 Å². The van der Waals surface area contributed by atoms with Crippen LogP contribution in [0.2, 0.25) is 0 Å². The lowest BCUT2D eigenvalue weighted by molar-refractivity contribution is -0.122. The lowest BCUT2D eigenvalue weighted by atomic mass is 10.1. The fourth-order valence-corrected chi connectivity index (χ4v) is 2.06. The molecule has 0 heterocycles. The first-order valence-electron chi connectivity index (χ1n) is 7.92. The van der Waals surface area contributed by atoms with Crippen molar-refractivity contribution < 1.29 is 4.79 Å². The summed E-state index contributed by atoms with van der Waals surface area (Å²) in [6.07, 6.45) is 7.05. The summed E-state index contributed by atoms with van der Waals surface area (Å²) in [6.45, 7) is 5.76. The van der Waals surface area contributed by atoms with Crippen molar-refractivity contribution in [3.63, 3.8) is 0 Å². The van der Waals surface area contributed by atoms with E-state index in [-0.39, 0.29) is 11.8 Å². The average molecular weight is 282 g/mol. The molecule has 0 aromatic carbocycles. The molecule has 0 bridgehead atoms. The van der Waals surface area contributed by atoms with Crippen molar-refractivity contribution in [3.05, 3.63) is 0 Å². The Morgan fingerprint density at radius 2 is 1.95 bits per heavy atom. The third-order valence-electron chi connectivity index (χ3n) is 3.51. The van der Waals surface area contributed by atoms with Crippen molar-refractivity contribution in [2.75, 3.05) is 20.1 Å². The van der Waals surface area contributed by atoms with E-state index in [0.29, 0.717) is 19.1 Å². The van der Waals surface area contributed by atoms with E-state index in [1.165, 1.54) is 19.3 Å². The standard InChI is InChI=1S/C15H30N4O/c1-4-5-6-7-12(2)19-15(16-3)18-11-10-17-14(20)13-8-9-13/h12-13H,4-11H2,1-3H3,(H,17,20)(H2,16,18,19). The highest BCUT2D eigenvalue weighted by Gasteiger charge is 2.28. The van der Waals surface area contributed by atoms with Crippen molar-refractivity contribution >= 4 is 11.9 Å².